The van der Waals surface area contributed by atoms with Gasteiger partial charge >= 0.3 is 0 Å². The zero-order valence-electron chi connectivity index (χ0n) is 22.0. The number of ether oxygens (including phenoxy) is 1. The fraction of sp³-hybridized carbons (Fsp3) is 0.484. The molecule has 8 rings (SSSR count). The molecule has 3 fully saturated rings. The van der Waals surface area contributed by atoms with Gasteiger partial charge in [-0.1, -0.05) is 18.2 Å². The molecular weight excluding hydrogens is 494 g/mol. The zero-order valence-corrected chi connectivity index (χ0v) is 22.0. The van der Waals surface area contributed by atoms with E-state index >= 15 is 0 Å². The van der Waals surface area contributed by atoms with Crippen molar-refractivity contribution in [1.82, 2.24) is 15.2 Å². The van der Waals surface area contributed by atoms with Crippen molar-refractivity contribution in [3.05, 3.63) is 58.8 Å². The summed E-state index contributed by atoms with van der Waals surface area (Å²) in [6.07, 6.45) is 6.30. The van der Waals surface area contributed by atoms with E-state index in [4.69, 9.17) is 4.74 Å². The number of nitrogens with zero attached hydrogens (tertiary/aromatic N) is 1. The van der Waals surface area contributed by atoms with Crippen LogP contribution in [0.25, 0.3) is 10.9 Å². The van der Waals surface area contributed by atoms with Crippen molar-refractivity contribution >= 4 is 22.6 Å². The number of ketones is 1. The molecule has 4 N–H and O–H groups in total. The number of hydrogen-bond acceptors (Lipinski definition) is 6. The average Bonchev–Trinajstić information content (AvgIpc) is 3.49. The van der Waals surface area contributed by atoms with Gasteiger partial charge in [0.2, 0.25) is 0 Å². The number of aromatic nitrogens is 1. The molecule has 8 nitrogen and oxygen atoms in total. The minimum Gasteiger partial charge on any atom is -0.504 e. The van der Waals surface area contributed by atoms with Crippen molar-refractivity contribution in [2.75, 3.05) is 13.1 Å². The number of aromatic hydroxyl groups is 1. The van der Waals surface area contributed by atoms with Gasteiger partial charge in [-0.2, -0.15) is 0 Å². The number of phenols is 1. The Kier molecular flexibility index (Phi) is 4.74. The Morgan fingerprint density at radius 3 is 2.79 bits per heavy atom. The maximum absolute atomic E-state index is 13.7. The fourth-order valence-electron chi connectivity index (χ4n) is 8.51. The molecule has 3 aromatic rings. The maximum atomic E-state index is 13.7. The minimum absolute atomic E-state index is 0.00439. The number of para-hydroxylation sites is 1. The summed E-state index contributed by atoms with van der Waals surface area (Å²) >= 11 is 0. The van der Waals surface area contributed by atoms with Gasteiger partial charge in [-0.3, -0.25) is 14.5 Å². The number of fused-ring (bicyclic) bond motifs is 1. The molecule has 1 saturated heterocycles. The molecule has 5 aliphatic rings. The normalized spacial score (nSPS) is 32.5. The summed E-state index contributed by atoms with van der Waals surface area (Å²) in [5.74, 6) is 0.995. The van der Waals surface area contributed by atoms with Crippen LogP contribution in [-0.2, 0) is 11.8 Å². The first-order valence-corrected chi connectivity index (χ1v) is 14.2. The number of H-pyrrole nitrogens is 1. The second kappa shape index (κ2) is 7.86. The van der Waals surface area contributed by atoms with E-state index in [1.54, 1.807) is 24.4 Å². The highest BCUT2D eigenvalue weighted by Crippen LogP contribution is 2.65. The van der Waals surface area contributed by atoms with Crippen LogP contribution in [-0.4, -0.2) is 68.7 Å². The lowest BCUT2D eigenvalue weighted by Gasteiger charge is -2.64. The van der Waals surface area contributed by atoms with Crippen molar-refractivity contribution in [3.63, 3.8) is 0 Å². The van der Waals surface area contributed by atoms with E-state index in [9.17, 15) is 19.8 Å². The molecule has 3 aliphatic carbocycles. The van der Waals surface area contributed by atoms with Crippen LogP contribution in [0.4, 0.5) is 0 Å². The van der Waals surface area contributed by atoms with E-state index in [0.29, 0.717) is 35.2 Å². The number of benzene rings is 2. The topological polar surface area (TPSA) is 115 Å². The van der Waals surface area contributed by atoms with Crippen LogP contribution in [0.5, 0.6) is 11.5 Å². The molecule has 1 amide bonds. The summed E-state index contributed by atoms with van der Waals surface area (Å²) in [5, 5.41) is 27.4. The molecule has 0 unspecified atom stereocenters. The lowest BCUT2D eigenvalue weighted by Crippen LogP contribution is -2.78. The Bertz CT molecular complexity index is 1560. The van der Waals surface area contributed by atoms with Crippen LogP contribution in [0.2, 0.25) is 0 Å². The number of hydrogen-bond donors (Lipinski definition) is 4. The Balaban J connectivity index is 1.18. The number of piperidine rings is 1. The Morgan fingerprint density at radius 2 is 2.00 bits per heavy atom. The van der Waals surface area contributed by atoms with Gasteiger partial charge in [-0.15, -0.1) is 0 Å². The molecule has 3 heterocycles. The first kappa shape index (κ1) is 23.5. The zero-order chi connectivity index (χ0) is 26.7. The van der Waals surface area contributed by atoms with Gasteiger partial charge in [-0.05, 0) is 75.6 Å². The summed E-state index contributed by atoms with van der Waals surface area (Å²) < 4.78 is 6.58. The lowest BCUT2D eigenvalue weighted by atomic mass is 9.48. The summed E-state index contributed by atoms with van der Waals surface area (Å²) in [6.45, 7) is 3.41. The Labute approximate surface area is 226 Å². The van der Waals surface area contributed by atoms with E-state index in [2.05, 4.69) is 15.2 Å². The fourth-order valence-corrected chi connectivity index (χ4v) is 8.51. The van der Waals surface area contributed by atoms with Crippen molar-refractivity contribution in [2.45, 2.75) is 74.7 Å². The molecule has 1 aromatic heterocycles. The number of nitrogens with one attached hydrogen (secondary N) is 2. The summed E-state index contributed by atoms with van der Waals surface area (Å²) in [7, 11) is 0. The second-order valence-electron chi connectivity index (χ2n) is 12.4. The van der Waals surface area contributed by atoms with E-state index in [0.717, 1.165) is 48.4 Å². The third-order valence-electron chi connectivity index (χ3n) is 10.4. The first-order valence-electron chi connectivity index (χ1n) is 14.2. The first-order chi connectivity index (χ1) is 18.8. The molecule has 2 aliphatic heterocycles. The van der Waals surface area contributed by atoms with E-state index < -0.39 is 17.1 Å². The number of likely N-dealkylation sites (tertiary alicyclic amines) is 1. The highest BCUT2D eigenvalue weighted by Gasteiger charge is 2.73. The summed E-state index contributed by atoms with van der Waals surface area (Å²) in [6, 6.07) is 8.76. The molecular formula is C31H33N3O5. The van der Waals surface area contributed by atoms with E-state index in [1.165, 1.54) is 19.8 Å². The largest absolute Gasteiger partial charge is 0.504 e. The number of phenolic OH excluding ortho intramolecular Hbond substituents is 1. The van der Waals surface area contributed by atoms with Crippen molar-refractivity contribution < 1.29 is 24.5 Å². The average molecular weight is 528 g/mol. The third-order valence-corrected chi connectivity index (χ3v) is 10.4. The molecule has 2 aromatic carbocycles. The number of rotatable bonds is 5. The van der Waals surface area contributed by atoms with Crippen LogP contribution in [0.1, 0.15) is 70.9 Å². The van der Waals surface area contributed by atoms with Gasteiger partial charge in [0.15, 0.2) is 17.3 Å². The standard InChI is InChI=1S/C31H33N3O5/c1-16(35)21-14-32-26-19(21)3-2-4-20(26)29(37)33-22-9-10-31(38)24-13-18-7-8-23(36)27-25(18)30(31,28(22)39-27)11-12-34(24)15-17-5-6-17/h2-4,7-8,14,17,22,24,28,32,36,38H,5-6,9-13,15H2,1H3,(H,33,37)/t22-,24-,28+,30+,31-/m1/s1. The molecule has 1 spiro atoms. The number of carbonyl (C=O) groups excluding carboxylic acids is 2. The number of carbonyl (C=O) groups is 2. The van der Waals surface area contributed by atoms with Gasteiger partial charge in [-0.25, -0.2) is 0 Å². The van der Waals surface area contributed by atoms with E-state index in [-0.39, 0.29) is 29.5 Å². The van der Waals surface area contributed by atoms with Gasteiger partial charge in [0.05, 0.1) is 28.1 Å². The summed E-state index contributed by atoms with van der Waals surface area (Å²) in [5.41, 5.74) is 2.08. The van der Waals surface area contributed by atoms with Gasteiger partial charge in [0.25, 0.3) is 5.91 Å². The predicted octanol–water partition coefficient (Wildman–Crippen LogP) is 3.44. The molecule has 2 saturated carbocycles. The Hall–Kier alpha value is -3.36. The molecule has 0 radical (unpaired) electrons. The highest BCUT2D eigenvalue weighted by atomic mass is 16.5. The van der Waals surface area contributed by atoms with E-state index in [1.807, 2.05) is 12.1 Å². The number of Topliss-reactive ketones (excluding diaryl/α,β-unsaturated/α-hetero) is 1. The van der Waals surface area contributed by atoms with Crippen LogP contribution in [0.15, 0.2) is 36.5 Å². The van der Waals surface area contributed by atoms with Crippen LogP contribution >= 0.6 is 0 Å². The quantitative estimate of drug-likeness (QED) is 0.378. The van der Waals surface area contributed by atoms with Gasteiger partial charge < -0.3 is 25.3 Å². The number of amides is 1. The van der Waals surface area contributed by atoms with Crippen LogP contribution in [0.3, 0.4) is 0 Å². The lowest BCUT2D eigenvalue weighted by molar-refractivity contribution is -0.191. The van der Waals surface area contributed by atoms with Crippen molar-refractivity contribution in [2.24, 2.45) is 5.92 Å². The van der Waals surface area contributed by atoms with Crippen molar-refractivity contribution in [3.8, 4) is 11.5 Å². The summed E-state index contributed by atoms with van der Waals surface area (Å²) in [4.78, 5) is 31.4. The second-order valence-corrected chi connectivity index (χ2v) is 12.4. The third kappa shape index (κ3) is 3.01. The molecule has 39 heavy (non-hydrogen) atoms. The smallest absolute Gasteiger partial charge is 0.253 e. The van der Waals surface area contributed by atoms with Gasteiger partial charge in [0.1, 0.15) is 6.10 Å². The highest BCUT2D eigenvalue weighted by molar-refractivity contribution is 6.12. The molecule has 8 heteroatoms. The predicted molar refractivity (Wildman–Crippen MR) is 144 cm³/mol. The minimum atomic E-state index is -0.992. The molecule has 202 valence electrons. The van der Waals surface area contributed by atoms with Crippen LogP contribution in [0, 0.1) is 5.92 Å². The maximum Gasteiger partial charge on any atom is 0.253 e. The number of aromatic amines is 1. The van der Waals surface area contributed by atoms with Crippen LogP contribution < -0.4 is 10.1 Å². The van der Waals surface area contributed by atoms with Crippen molar-refractivity contribution in [1.29, 1.82) is 0 Å². The molecule has 2 bridgehead atoms. The number of aliphatic hydroxyl groups is 1. The monoisotopic (exact) mass is 527 g/mol. The SMILES string of the molecule is CC(=O)c1c[nH]c2c(C(=O)N[C@@H]3CC[C@@]4(O)[C@H]5Cc6ccc(O)c7c6[C@@]4(CCN5CC4CC4)[C@H]3O7)cccc12. The molecule has 5 atom stereocenters. The Morgan fingerprint density at radius 1 is 1.15 bits per heavy atom. The van der Waals surface area contributed by atoms with Gasteiger partial charge in [0, 0.05) is 35.3 Å².